The lowest BCUT2D eigenvalue weighted by Gasteiger charge is -2.08. The summed E-state index contributed by atoms with van der Waals surface area (Å²) in [6.07, 6.45) is -1.30. The lowest BCUT2D eigenvalue weighted by molar-refractivity contribution is -0.126. The first-order valence-corrected chi connectivity index (χ1v) is 5.06. The van der Waals surface area contributed by atoms with E-state index in [4.69, 9.17) is 15.7 Å². The molecule has 0 aliphatic carbocycles. The van der Waals surface area contributed by atoms with Crippen LogP contribution in [0.2, 0.25) is 0 Å². The van der Waals surface area contributed by atoms with Crippen LogP contribution in [0.3, 0.4) is 0 Å². The molecular weight excluding hydrogens is 236 g/mol. The molecule has 1 amide bonds. The highest BCUT2D eigenvalue weighted by molar-refractivity contribution is 5.89. The molecule has 0 heterocycles. The predicted octanol–water partition coefficient (Wildman–Crippen LogP) is 0.367. The van der Waals surface area contributed by atoms with Gasteiger partial charge < -0.3 is 15.2 Å². The van der Waals surface area contributed by atoms with Crippen molar-refractivity contribution in [3.8, 4) is 6.07 Å². The minimum absolute atomic E-state index is 0.00595. The zero-order chi connectivity index (χ0) is 13.5. The van der Waals surface area contributed by atoms with Gasteiger partial charge in [-0.3, -0.25) is 4.79 Å². The van der Waals surface area contributed by atoms with Crippen molar-refractivity contribution in [2.45, 2.75) is 12.7 Å². The maximum absolute atomic E-state index is 11.3. The lowest BCUT2D eigenvalue weighted by atomic mass is 10.1. The van der Waals surface area contributed by atoms with Gasteiger partial charge in [-0.05, 0) is 17.7 Å². The molecule has 0 saturated carbocycles. The molecule has 18 heavy (non-hydrogen) atoms. The number of ether oxygens (including phenoxy) is 2. The van der Waals surface area contributed by atoms with Crippen molar-refractivity contribution in [2.75, 3.05) is 7.11 Å². The lowest BCUT2D eigenvalue weighted by Crippen LogP contribution is -2.29. The molecule has 0 radical (unpaired) electrons. The van der Waals surface area contributed by atoms with Crippen molar-refractivity contribution in [1.29, 1.82) is 5.26 Å². The van der Waals surface area contributed by atoms with Gasteiger partial charge in [0.1, 0.15) is 6.07 Å². The van der Waals surface area contributed by atoms with Gasteiger partial charge in [0.15, 0.2) is 0 Å². The smallest absolute Gasteiger partial charge is 0.337 e. The monoisotopic (exact) mass is 248 g/mol. The van der Waals surface area contributed by atoms with Crippen LogP contribution >= 0.6 is 0 Å². The number of carbonyl (C=O) groups is 2. The van der Waals surface area contributed by atoms with Crippen LogP contribution in [-0.2, 0) is 20.9 Å². The maximum atomic E-state index is 11.3. The molecule has 6 nitrogen and oxygen atoms in total. The summed E-state index contributed by atoms with van der Waals surface area (Å²) in [5.74, 6) is -1.31. The Bertz CT molecular complexity index is 493. The van der Waals surface area contributed by atoms with E-state index in [0.29, 0.717) is 11.1 Å². The number of nitrogens with two attached hydrogens (primary N) is 1. The van der Waals surface area contributed by atoms with Gasteiger partial charge in [0.25, 0.3) is 5.91 Å². The Hall–Kier alpha value is -2.39. The number of methoxy groups -OCH3 is 1. The third-order valence-electron chi connectivity index (χ3n) is 2.14. The van der Waals surface area contributed by atoms with Gasteiger partial charge in [0.2, 0.25) is 6.10 Å². The van der Waals surface area contributed by atoms with Gasteiger partial charge in [-0.1, -0.05) is 12.1 Å². The molecule has 1 unspecified atom stereocenters. The highest BCUT2D eigenvalue weighted by Crippen LogP contribution is 2.09. The minimum Gasteiger partial charge on any atom is -0.465 e. The number of hydrogen-bond donors (Lipinski definition) is 1. The standard InChI is InChI=1S/C12H12N2O4/c1-17-12(16)9-4-2-3-8(5-9)7-18-10(6-13)11(14)15/h2-5,10H,7H2,1H3,(H2,14,15). The summed E-state index contributed by atoms with van der Waals surface area (Å²) in [7, 11) is 1.28. The predicted molar refractivity (Wildman–Crippen MR) is 61.2 cm³/mol. The van der Waals surface area contributed by atoms with E-state index in [1.807, 2.05) is 0 Å². The fourth-order valence-electron chi connectivity index (χ4n) is 1.27. The van der Waals surface area contributed by atoms with Crippen LogP contribution in [0.5, 0.6) is 0 Å². The Labute approximate surface area is 104 Å². The Morgan fingerprint density at radius 3 is 2.78 bits per heavy atom. The van der Waals surface area contributed by atoms with Crippen LogP contribution in [0.4, 0.5) is 0 Å². The highest BCUT2D eigenvalue weighted by atomic mass is 16.5. The zero-order valence-electron chi connectivity index (χ0n) is 9.75. The second-order valence-electron chi connectivity index (χ2n) is 3.41. The number of nitrogens with zero attached hydrogens (tertiary/aromatic N) is 1. The number of esters is 1. The molecule has 0 aromatic heterocycles. The average molecular weight is 248 g/mol. The Morgan fingerprint density at radius 1 is 1.50 bits per heavy atom. The highest BCUT2D eigenvalue weighted by Gasteiger charge is 2.14. The second-order valence-corrected chi connectivity index (χ2v) is 3.41. The number of rotatable bonds is 5. The van der Waals surface area contributed by atoms with Gasteiger partial charge in [-0.25, -0.2) is 4.79 Å². The number of benzene rings is 1. The molecule has 6 heteroatoms. The third-order valence-corrected chi connectivity index (χ3v) is 2.14. The van der Waals surface area contributed by atoms with Crippen LogP contribution in [0.1, 0.15) is 15.9 Å². The molecule has 1 aromatic rings. The van der Waals surface area contributed by atoms with Gasteiger partial charge in [0, 0.05) is 0 Å². The zero-order valence-corrected chi connectivity index (χ0v) is 9.75. The van der Waals surface area contributed by atoms with Crippen molar-refractivity contribution in [2.24, 2.45) is 5.73 Å². The molecule has 0 aliphatic heterocycles. The summed E-state index contributed by atoms with van der Waals surface area (Å²) < 4.78 is 9.59. The van der Waals surface area contributed by atoms with Crippen LogP contribution in [0, 0.1) is 11.3 Å². The van der Waals surface area contributed by atoms with Crippen molar-refractivity contribution >= 4 is 11.9 Å². The Kier molecular flexibility index (Phi) is 4.84. The molecule has 94 valence electrons. The largest absolute Gasteiger partial charge is 0.465 e. The first-order valence-electron chi connectivity index (χ1n) is 5.06. The van der Waals surface area contributed by atoms with Crippen molar-refractivity contribution in [3.63, 3.8) is 0 Å². The normalized spacial score (nSPS) is 11.3. The molecule has 0 spiro atoms. The van der Waals surface area contributed by atoms with E-state index in [1.54, 1.807) is 30.3 Å². The van der Waals surface area contributed by atoms with Crippen LogP contribution < -0.4 is 5.73 Å². The van der Waals surface area contributed by atoms with E-state index in [9.17, 15) is 9.59 Å². The molecule has 0 aliphatic rings. The van der Waals surface area contributed by atoms with E-state index >= 15 is 0 Å². The summed E-state index contributed by atoms with van der Waals surface area (Å²) >= 11 is 0. The summed E-state index contributed by atoms with van der Waals surface area (Å²) in [6.45, 7) is 0.00595. The molecular formula is C12H12N2O4. The molecule has 0 saturated heterocycles. The second kappa shape index (κ2) is 6.37. The number of nitriles is 1. The van der Waals surface area contributed by atoms with Gasteiger partial charge in [-0.2, -0.15) is 5.26 Å². The molecule has 1 aromatic carbocycles. The summed E-state index contributed by atoms with van der Waals surface area (Å²) in [6, 6.07) is 8.12. The first kappa shape index (κ1) is 13.7. The minimum atomic E-state index is -1.30. The third kappa shape index (κ3) is 3.57. The van der Waals surface area contributed by atoms with E-state index in [2.05, 4.69) is 4.74 Å². The van der Waals surface area contributed by atoms with Crippen LogP contribution in [-0.4, -0.2) is 25.1 Å². The maximum Gasteiger partial charge on any atom is 0.337 e. The number of carbonyl (C=O) groups excluding carboxylic acids is 2. The summed E-state index contributed by atoms with van der Waals surface area (Å²) in [4.78, 5) is 22.1. The van der Waals surface area contributed by atoms with Gasteiger partial charge in [0.05, 0.1) is 19.3 Å². The quantitative estimate of drug-likeness (QED) is 0.758. The number of hydrogen-bond acceptors (Lipinski definition) is 5. The van der Waals surface area contributed by atoms with Gasteiger partial charge >= 0.3 is 5.97 Å². The van der Waals surface area contributed by atoms with E-state index < -0.39 is 18.0 Å². The van der Waals surface area contributed by atoms with Crippen LogP contribution in [0.25, 0.3) is 0 Å². The molecule has 0 fully saturated rings. The molecule has 0 bridgehead atoms. The summed E-state index contributed by atoms with van der Waals surface area (Å²) in [5.41, 5.74) is 5.96. The Morgan fingerprint density at radius 2 is 2.22 bits per heavy atom. The fraction of sp³-hybridized carbons (Fsp3) is 0.250. The number of primary amides is 1. The molecule has 1 rings (SSSR count). The van der Waals surface area contributed by atoms with Crippen molar-refractivity contribution in [1.82, 2.24) is 0 Å². The van der Waals surface area contributed by atoms with E-state index in [1.165, 1.54) is 7.11 Å². The number of amides is 1. The fourth-order valence-corrected chi connectivity index (χ4v) is 1.27. The SMILES string of the molecule is COC(=O)c1cccc(COC(C#N)C(N)=O)c1. The summed E-state index contributed by atoms with van der Waals surface area (Å²) in [5, 5.41) is 8.61. The van der Waals surface area contributed by atoms with Gasteiger partial charge in [-0.15, -0.1) is 0 Å². The average Bonchev–Trinajstić information content (AvgIpc) is 2.38. The van der Waals surface area contributed by atoms with E-state index in [-0.39, 0.29) is 6.61 Å². The topological polar surface area (TPSA) is 102 Å². The Balaban J connectivity index is 2.71. The van der Waals surface area contributed by atoms with Crippen molar-refractivity contribution < 1.29 is 19.1 Å². The van der Waals surface area contributed by atoms with Crippen LogP contribution in [0.15, 0.2) is 24.3 Å². The molecule has 1 atom stereocenters. The van der Waals surface area contributed by atoms with E-state index in [0.717, 1.165) is 0 Å². The van der Waals surface area contributed by atoms with Crippen molar-refractivity contribution in [3.05, 3.63) is 35.4 Å². The first-order chi connectivity index (χ1) is 8.58. The molecule has 2 N–H and O–H groups in total.